The van der Waals surface area contributed by atoms with Crippen molar-refractivity contribution in [3.63, 3.8) is 0 Å². The highest BCUT2D eigenvalue weighted by Crippen LogP contribution is 2.54. The number of alkyl halides is 8. The Hall–Kier alpha value is -0.600. The van der Waals surface area contributed by atoms with E-state index in [1.807, 2.05) is 0 Å². The zero-order valence-corrected chi connectivity index (χ0v) is 10.0. The summed E-state index contributed by atoms with van der Waals surface area (Å²) >= 11 is 0. The summed E-state index contributed by atoms with van der Waals surface area (Å²) in [6.45, 7) is 0.0919. The minimum absolute atomic E-state index is 0.569. The molecule has 0 aliphatic rings. The average molecular weight is 302 g/mol. The van der Waals surface area contributed by atoms with E-state index in [-0.39, 0.29) is 0 Å². The van der Waals surface area contributed by atoms with Crippen LogP contribution in [0.15, 0.2) is 0 Å². The second-order valence-corrected chi connectivity index (χ2v) is 4.13. The quantitative estimate of drug-likeness (QED) is 0.669. The van der Waals surface area contributed by atoms with E-state index in [4.69, 9.17) is 5.11 Å². The SMILES string of the molecule is CCCC(F)(F)C(F)(F)C(F)(F)C(F)(F)CCCO. The van der Waals surface area contributed by atoms with Crippen LogP contribution in [0.25, 0.3) is 0 Å². The molecule has 0 aromatic carbocycles. The number of aliphatic hydroxyl groups excluding tert-OH is 1. The highest BCUT2D eigenvalue weighted by Gasteiger charge is 2.79. The van der Waals surface area contributed by atoms with Crippen LogP contribution in [-0.2, 0) is 0 Å². The zero-order chi connectivity index (χ0) is 15.5. The van der Waals surface area contributed by atoms with Crippen LogP contribution in [-0.4, -0.2) is 35.4 Å². The van der Waals surface area contributed by atoms with Crippen molar-refractivity contribution in [2.45, 2.75) is 56.3 Å². The monoisotopic (exact) mass is 302 g/mol. The van der Waals surface area contributed by atoms with E-state index in [1.54, 1.807) is 0 Å². The second kappa shape index (κ2) is 5.80. The highest BCUT2D eigenvalue weighted by molar-refractivity contribution is 5.03. The summed E-state index contributed by atoms with van der Waals surface area (Å²) in [6.07, 6.45) is -4.92. The fraction of sp³-hybridized carbons (Fsp3) is 1.00. The Kier molecular flexibility index (Phi) is 5.62. The summed E-state index contributed by atoms with van der Waals surface area (Å²) in [5.41, 5.74) is 0. The first-order chi connectivity index (χ1) is 8.37. The van der Waals surface area contributed by atoms with Crippen molar-refractivity contribution in [3.8, 4) is 0 Å². The van der Waals surface area contributed by atoms with E-state index in [0.717, 1.165) is 6.92 Å². The van der Waals surface area contributed by atoms with Crippen molar-refractivity contribution in [1.29, 1.82) is 0 Å². The van der Waals surface area contributed by atoms with Crippen LogP contribution in [0.4, 0.5) is 35.1 Å². The van der Waals surface area contributed by atoms with E-state index in [0.29, 0.717) is 0 Å². The molecule has 0 aromatic heterocycles. The van der Waals surface area contributed by atoms with Crippen molar-refractivity contribution >= 4 is 0 Å². The lowest BCUT2D eigenvalue weighted by Crippen LogP contribution is -2.62. The zero-order valence-electron chi connectivity index (χ0n) is 10.0. The summed E-state index contributed by atoms with van der Waals surface area (Å²) in [5, 5.41) is 8.23. The third-order valence-electron chi connectivity index (χ3n) is 2.53. The number of rotatable bonds is 8. The van der Waals surface area contributed by atoms with Crippen LogP contribution in [0.2, 0.25) is 0 Å². The van der Waals surface area contributed by atoms with Crippen LogP contribution in [0.1, 0.15) is 32.6 Å². The van der Waals surface area contributed by atoms with E-state index in [9.17, 15) is 35.1 Å². The van der Waals surface area contributed by atoms with Gasteiger partial charge in [0.15, 0.2) is 0 Å². The van der Waals surface area contributed by atoms with Crippen molar-refractivity contribution in [2.24, 2.45) is 0 Å². The lowest BCUT2D eigenvalue weighted by Gasteiger charge is -2.36. The van der Waals surface area contributed by atoms with Crippen LogP contribution in [0.5, 0.6) is 0 Å². The van der Waals surface area contributed by atoms with Gasteiger partial charge in [-0.2, -0.15) is 35.1 Å². The van der Waals surface area contributed by atoms with E-state index >= 15 is 0 Å². The standard InChI is InChI=1S/C10H14F8O/c1-2-4-7(11,12)9(15,16)10(17,18)8(13,14)5-3-6-19/h19H,2-6H2,1H3. The first-order valence-electron chi connectivity index (χ1n) is 5.49. The Bertz CT molecular complexity index is 289. The molecule has 0 bridgehead atoms. The minimum Gasteiger partial charge on any atom is -0.396 e. The number of hydrogen-bond acceptors (Lipinski definition) is 1. The maximum absolute atomic E-state index is 13.1. The Morgan fingerprint density at radius 3 is 1.42 bits per heavy atom. The van der Waals surface area contributed by atoms with E-state index < -0.39 is 56.0 Å². The third-order valence-corrected chi connectivity index (χ3v) is 2.53. The number of halogens is 8. The molecule has 0 heterocycles. The van der Waals surface area contributed by atoms with Gasteiger partial charge >= 0.3 is 23.7 Å². The van der Waals surface area contributed by atoms with E-state index in [1.165, 1.54) is 0 Å². The van der Waals surface area contributed by atoms with Gasteiger partial charge in [0.2, 0.25) is 0 Å². The summed E-state index contributed by atoms with van der Waals surface area (Å²) < 4.78 is 104. The van der Waals surface area contributed by atoms with Crippen LogP contribution in [0.3, 0.4) is 0 Å². The molecule has 1 N–H and O–H groups in total. The molecule has 0 unspecified atom stereocenters. The molecule has 0 spiro atoms. The molecule has 9 heteroatoms. The van der Waals surface area contributed by atoms with Gasteiger partial charge in [-0.05, 0) is 6.42 Å². The predicted molar refractivity (Wildman–Crippen MR) is 51.0 cm³/mol. The van der Waals surface area contributed by atoms with Crippen molar-refractivity contribution in [3.05, 3.63) is 0 Å². The van der Waals surface area contributed by atoms with Gasteiger partial charge in [0.1, 0.15) is 0 Å². The lowest BCUT2D eigenvalue weighted by atomic mass is 9.93. The molecule has 0 saturated carbocycles. The molecule has 0 fully saturated rings. The van der Waals surface area contributed by atoms with E-state index in [2.05, 4.69) is 0 Å². The second-order valence-electron chi connectivity index (χ2n) is 4.13. The van der Waals surface area contributed by atoms with Gasteiger partial charge in [-0.25, -0.2) is 0 Å². The smallest absolute Gasteiger partial charge is 0.378 e. The van der Waals surface area contributed by atoms with Gasteiger partial charge in [0, 0.05) is 19.4 Å². The fourth-order valence-corrected chi connectivity index (χ4v) is 1.39. The summed E-state index contributed by atoms with van der Waals surface area (Å²) in [5.74, 6) is -23.0. The van der Waals surface area contributed by atoms with Crippen molar-refractivity contribution < 1.29 is 40.2 Å². The maximum Gasteiger partial charge on any atom is 0.378 e. The van der Waals surface area contributed by atoms with Crippen LogP contribution >= 0.6 is 0 Å². The predicted octanol–water partition coefficient (Wildman–Crippen LogP) is 4.10. The van der Waals surface area contributed by atoms with Gasteiger partial charge in [-0.1, -0.05) is 13.3 Å². The summed E-state index contributed by atoms with van der Waals surface area (Å²) in [4.78, 5) is 0. The summed E-state index contributed by atoms with van der Waals surface area (Å²) in [6, 6.07) is 0. The molecule has 0 atom stereocenters. The molecule has 0 aliphatic carbocycles. The maximum atomic E-state index is 13.1. The minimum atomic E-state index is -6.20. The molecule has 0 rings (SSSR count). The molecular formula is C10H14F8O. The van der Waals surface area contributed by atoms with Crippen LogP contribution in [0, 0.1) is 0 Å². The molecule has 0 radical (unpaired) electrons. The van der Waals surface area contributed by atoms with Crippen molar-refractivity contribution in [2.75, 3.05) is 6.61 Å². The Morgan fingerprint density at radius 1 is 0.737 bits per heavy atom. The first-order valence-corrected chi connectivity index (χ1v) is 5.49. The molecule has 1 nitrogen and oxygen atoms in total. The fourth-order valence-electron chi connectivity index (χ4n) is 1.39. The lowest BCUT2D eigenvalue weighted by molar-refractivity contribution is -0.368. The Balaban J connectivity index is 5.36. The topological polar surface area (TPSA) is 20.2 Å². The highest BCUT2D eigenvalue weighted by atomic mass is 19.4. The molecule has 116 valence electrons. The molecule has 0 aliphatic heterocycles. The van der Waals surface area contributed by atoms with Crippen LogP contribution < -0.4 is 0 Å². The summed E-state index contributed by atoms with van der Waals surface area (Å²) in [7, 11) is 0. The molecule has 0 aromatic rings. The van der Waals surface area contributed by atoms with Gasteiger partial charge in [0.25, 0.3) is 0 Å². The van der Waals surface area contributed by atoms with Gasteiger partial charge in [0.05, 0.1) is 0 Å². The van der Waals surface area contributed by atoms with Crippen molar-refractivity contribution in [1.82, 2.24) is 0 Å². The van der Waals surface area contributed by atoms with Gasteiger partial charge in [-0.15, -0.1) is 0 Å². The Morgan fingerprint density at radius 2 is 1.11 bits per heavy atom. The number of aliphatic hydroxyl groups is 1. The largest absolute Gasteiger partial charge is 0.396 e. The average Bonchev–Trinajstić information content (AvgIpc) is 2.25. The molecular weight excluding hydrogens is 288 g/mol. The first kappa shape index (κ1) is 18.4. The molecule has 0 amide bonds. The normalized spacial score (nSPS) is 14.8. The third kappa shape index (κ3) is 3.29. The molecule has 19 heavy (non-hydrogen) atoms. The van der Waals surface area contributed by atoms with Gasteiger partial charge in [-0.3, -0.25) is 0 Å². The Labute approximate surface area is 104 Å². The molecule has 0 saturated heterocycles. The van der Waals surface area contributed by atoms with Gasteiger partial charge < -0.3 is 5.11 Å². The number of hydrogen-bond donors (Lipinski definition) is 1.